The fourth-order valence-electron chi connectivity index (χ4n) is 2.02. The van der Waals surface area contributed by atoms with E-state index in [0.29, 0.717) is 16.3 Å². The van der Waals surface area contributed by atoms with E-state index in [1.54, 1.807) is 13.2 Å². The lowest BCUT2D eigenvalue weighted by molar-refractivity contribution is 0.415. The van der Waals surface area contributed by atoms with E-state index < -0.39 is 0 Å². The first kappa shape index (κ1) is 14.8. The molecule has 0 heterocycles. The van der Waals surface area contributed by atoms with Gasteiger partial charge in [0, 0.05) is 17.1 Å². The second-order valence-corrected chi connectivity index (χ2v) is 4.84. The van der Waals surface area contributed by atoms with Gasteiger partial charge in [0.05, 0.1) is 7.11 Å². The van der Waals surface area contributed by atoms with Gasteiger partial charge in [-0.2, -0.15) is 0 Å². The molecule has 20 heavy (non-hydrogen) atoms. The Morgan fingerprint density at radius 2 is 2.00 bits per heavy atom. The predicted molar refractivity (Wildman–Crippen MR) is 80.8 cm³/mol. The number of ether oxygens (including phenoxy) is 1. The molecule has 0 aliphatic carbocycles. The van der Waals surface area contributed by atoms with Gasteiger partial charge in [0.2, 0.25) is 0 Å². The third kappa shape index (κ3) is 3.30. The molecule has 0 saturated carbocycles. The van der Waals surface area contributed by atoms with Gasteiger partial charge < -0.3 is 10.1 Å². The Balaban J connectivity index is 2.38. The molecule has 0 radical (unpaired) electrons. The highest BCUT2D eigenvalue weighted by molar-refractivity contribution is 6.31. The van der Waals surface area contributed by atoms with E-state index in [4.69, 9.17) is 16.3 Å². The summed E-state index contributed by atoms with van der Waals surface area (Å²) in [6, 6.07) is 10.2. The first-order chi connectivity index (χ1) is 9.65. The number of hydrogen-bond donors (Lipinski definition) is 1. The predicted octanol–water partition coefficient (Wildman–Crippen LogP) is 4.26. The second-order valence-electron chi connectivity index (χ2n) is 4.43. The van der Waals surface area contributed by atoms with Crippen molar-refractivity contribution in [2.45, 2.75) is 13.5 Å². The van der Waals surface area contributed by atoms with Crippen molar-refractivity contribution in [2.24, 2.45) is 0 Å². The zero-order valence-corrected chi connectivity index (χ0v) is 12.3. The van der Waals surface area contributed by atoms with Gasteiger partial charge in [0.15, 0.2) is 0 Å². The molecule has 2 aromatic carbocycles. The first-order valence-corrected chi connectivity index (χ1v) is 6.86. The molecule has 4 heteroatoms. The minimum Gasteiger partial charge on any atom is -0.496 e. The van der Waals surface area contributed by atoms with Crippen LogP contribution in [0.2, 0.25) is 5.02 Å². The van der Waals surface area contributed by atoms with E-state index >= 15 is 0 Å². The summed E-state index contributed by atoms with van der Waals surface area (Å²) in [5.74, 6) is 0.329. The second kappa shape index (κ2) is 6.73. The summed E-state index contributed by atoms with van der Waals surface area (Å²) in [5.41, 5.74) is 2.56. The maximum Gasteiger partial charge on any atom is 0.126 e. The fourth-order valence-corrected chi connectivity index (χ4v) is 2.27. The molecule has 2 nitrogen and oxygen atoms in total. The highest BCUT2D eigenvalue weighted by atomic mass is 35.5. The quantitative estimate of drug-likeness (QED) is 0.889. The summed E-state index contributed by atoms with van der Waals surface area (Å²) in [5, 5.41) is 3.89. The van der Waals surface area contributed by atoms with Crippen LogP contribution in [-0.2, 0) is 6.54 Å². The minimum absolute atomic E-state index is 0.298. The standard InChI is InChI=1S/C16H17ClFNO/c1-3-19-10-12-5-4-11(8-15(12)17)14-9-13(18)6-7-16(14)20-2/h4-9,19H,3,10H2,1-2H3. The average Bonchev–Trinajstić information content (AvgIpc) is 2.46. The van der Waals surface area contributed by atoms with Crippen molar-refractivity contribution in [2.75, 3.05) is 13.7 Å². The average molecular weight is 294 g/mol. The molecular weight excluding hydrogens is 277 g/mol. The molecular formula is C16H17ClFNO. The van der Waals surface area contributed by atoms with Crippen molar-refractivity contribution in [3.63, 3.8) is 0 Å². The number of rotatable bonds is 5. The largest absolute Gasteiger partial charge is 0.496 e. The van der Waals surface area contributed by atoms with Gasteiger partial charge in [0.25, 0.3) is 0 Å². The molecule has 0 fully saturated rings. The van der Waals surface area contributed by atoms with E-state index in [0.717, 1.165) is 24.2 Å². The molecule has 0 spiro atoms. The summed E-state index contributed by atoms with van der Waals surface area (Å²) in [6.45, 7) is 3.64. The Bertz CT molecular complexity index is 601. The Morgan fingerprint density at radius 3 is 2.65 bits per heavy atom. The fraction of sp³-hybridized carbons (Fsp3) is 0.250. The van der Waals surface area contributed by atoms with Crippen molar-refractivity contribution in [3.8, 4) is 16.9 Å². The summed E-state index contributed by atoms with van der Waals surface area (Å²) in [4.78, 5) is 0. The van der Waals surface area contributed by atoms with E-state index in [2.05, 4.69) is 5.32 Å². The van der Waals surface area contributed by atoms with Crippen LogP contribution < -0.4 is 10.1 Å². The molecule has 0 aliphatic heterocycles. The van der Waals surface area contributed by atoms with Crippen molar-refractivity contribution in [1.29, 1.82) is 0 Å². The van der Waals surface area contributed by atoms with Gasteiger partial charge >= 0.3 is 0 Å². The summed E-state index contributed by atoms with van der Waals surface area (Å²) >= 11 is 6.28. The Labute approximate surface area is 123 Å². The minimum atomic E-state index is -0.298. The first-order valence-electron chi connectivity index (χ1n) is 6.48. The number of nitrogens with one attached hydrogen (secondary N) is 1. The molecule has 2 aromatic rings. The maximum absolute atomic E-state index is 13.4. The topological polar surface area (TPSA) is 21.3 Å². The highest BCUT2D eigenvalue weighted by Gasteiger charge is 2.09. The van der Waals surface area contributed by atoms with E-state index in [1.165, 1.54) is 12.1 Å². The third-order valence-electron chi connectivity index (χ3n) is 3.09. The molecule has 0 saturated heterocycles. The number of hydrogen-bond acceptors (Lipinski definition) is 2. The number of benzene rings is 2. The van der Waals surface area contributed by atoms with Gasteiger partial charge in [-0.15, -0.1) is 0 Å². The summed E-state index contributed by atoms with van der Waals surface area (Å²) < 4.78 is 18.7. The van der Waals surface area contributed by atoms with Crippen molar-refractivity contribution >= 4 is 11.6 Å². The number of methoxy groups -OCH3 is 1. The molecule has 106 valence electrons. The van der Waals surface area contributed by atoms with Crippen LogP contribution in [0.4, 0.5) is 4.39 Å². The van der Waals surface area contributed by atoms with Gasteiger partial charge in [0.1, 0.15) is 11.6 Å². The molecule has 0 unspecified atom stereocenters. The van der Waals surface area contributed by atoms with Crippen LogP contribution in [0, 0.1) is 5.82 Å². The van der Waals surface area contributed by atoms with Crippen molar-refractivity contribution in [3.05, 3.63) is 52.8 Å². The molecule has 0 aliphatic rings. The molecule has 0 amide bonds. The van der Waals surface area contributed by atoms with Crippen LogP contribution in [-0.4, -0.2) is 13.7 Å². The normalized spacial score (nSPS) is 10.6. The molecule has 0 atom stereocenters. The Kier molecular flexibility index (Phi) is 4.99. The molecule has 1 N–H and O–H groups in total. The Hall–Kier alpha value is -1.58. The number of halogens is 2. The van der Waals surface area contributed by atoms with Crippen LogP contribution in [0.1, 0.15) is 12.5 Å². The van der Waals surface area contributed by atoms with Crippen LogP contribution >= 0.6 is 11.6 Å². The SMILES string of the molecule is CCNCc1ccc(-c2cc(F)ccc2OC)cc1Cl. The van der Waals surface area contributed by atoms with E-state index in [9.17, 15) is 4.39 Å². The summed E-state index contributed by atoms with van der Waals surface area (Å²) in [7, 11) is 1.57. The zero-order valence-electron chi connectivity index (χ0n) is 11.5. The molecule has 2 rings (SSSR count). The Morgan fingerprint density at radius 1 is 1.20 bits per heavy atom. The monoisotopic (exact) mass is 293 g/mol. The van der Waals surface area contributed by atoms with Crippen molar-refractivity contribution in [1.82, 2.24) is 5.32 Å². The van der Waals surface area contributed by atoms with Gasteiger partial charge in [-0.25, -0.2) is 4.39 Å². The smallest absolute Gasteiger partial charge is 0.126 e. The van der Waals surface area contributed by atoms with E-state index in [1.807, 2.05) is 25.1 Å². The van der Waals surface area contributed by atoms with E-state index in [-0.39, 0.29) is 5.82 Å². The van der Waals surface area contributed by atoms with Crippen molar-refractivity contribution < 1.29 is 9.13 Å². The van der Waals surface area contributed by atoms with Crippen LogP contribution in [0.25, 0.3) is 11.1 Å². The zero-order chi connectivity index (χ0) is 14.5. The third-order valence-corrected chi connectivity index (χ3v) is 3.44. The summed E-state index contributed by atoms with van der Waals surface area (Å²) in [6.07, 6.45) is 0. The molecule has 0 aromatic heterocycles. The van der Waals surface area contributed by atoms with Crippen LogP contribution in [0.15, 0.2) is 36.4 Å². The van der Waals surface area contributed by atoms with Crippen LogP contribution in [0.5, 0.6) is 5.75 Å². The maximum atomic E-state index is 13.4. The highest BCUT2D eigenvalue weighted by Crippen LogP contribution is 2.33. The van der Waals surface area contributed by atoms with Gasteiger partial charge in [-0.05, 0) is 41.9 Å². The van der Waals surface area contributed by atoms with Gasteiger partial charge in [-0.1, -0.05) is 30.7 Å². The van der Waals surface area contributed by atoms with Crippen LogP contribution in [0.3, 0.4) is 0 Å². The lowest BCUT2D eigenvalue weighted by Gasteiger charge is -2.11. The van der Waals surface area contributed by atoms with Gasteiger partial charge in [-0.3, -0.25) is 0 Å². The lowest BCUT2D eigenvalue weighted by atomic mass is 10.0. The molecule has 0 bridgehead atoms. The lowest BCUT2D eigenvalue weighted by Crippen LogP contribution is -2.11.